The van der Waals surface area contributed by atoms with Crippen molar-refractivity contribution in [1.82, 2.24) is 19.5 Å². The number of carbonyl (C=O) groups excluding carboxylic acids is 1. The van der Waals surface area contributed by atoms with E-state index in [-0.39, 0.29) is 11.3 Å². The summed E-state index contributed by atoms with van der Waals surface area (Å²) >= 11 is 0. The van der Waals surface area contributed by atoms with Gasteiger partial charge in [0.1, 0.15) is 67.3 Å². The summed E-state index contributed by atoms with van der Waals surface area (Å²) in [6.07, 6.45) is -13.3. The van der Waals surface area contributed by atoms with Gasteiger partial charge in [0, 0.05) is 6.92 Å². The van der Waals surface area contributed by atoms with Gasteiger partial charge in [0.05, 0.1) is 12.9 Å². The van der Waals surface area contributed by atoms with Crippen LogP contribution in [-0.4, -0.2) is 130 Å². The number of hydrogen-bond donors (Lipinski definition) is 7. The largest absolute Gasteiger partial charge is 0.483 e. The Morgan fingerprint density at radius 1 is 1.07 bits per heavy atom. The number of aliphatic hydroxyl groups is 4. The van der Waals surface area contributed by atoms with Crippen molar-refractivity contribution in [3.63, 3.8) is 0 Å². The van der Waals surface area contributed by atoms with E-state index in [0.29, 0.717) is 5.65 Å². The lowest BCUT2D eigenvalue weighted by atomic mass is 9.96. The number of aromatic nitrogens is 4. The van der Waals surface area contributed by atoms with Gasteiger partial charge < -0.3 is 59.6 Å². The van der Waals surface area contributed by atoms with Crippen molar-refractivity contribution in [2.24, 2.45) is 0 Å². The molecule has 0 aliphatic carbocycles. The zero-order chi connectivity index (χ0) is 33.8. The Hall–Kier alpha value is -2.24. The molecule has 3 fully saturated rings. The summed E-state index contributed by atoms with van der Waals surface area (Å²) < 4.78 is 68.4. The van der Waals surface area contributed by atoms with Crippen molar-refractivity contribution < 1.29 is 81.2 Å². The van der Waals surface area contributed by atoms with E-state index in [0.717, 1.165) is 6.92 Å². The molecular weight excluding hydrogens is 668 g/mol. The first-order valence-electron chi connectivity index (χ1n) is 13.5. The molecule has 258 valence electrons. The van der Waals surface area contributed by atoms with Gasteiger partial charge in [-0.15, -0.1) is 0 Å². The summed E-state index contributed by atoms with van der Waals surface area (Å²) in [7, 11) is -11.1. The molecule has 5 rings (SSSR count). The molecule has 3 saturated heterocycles. The van der Waals surface area contributed by atoms with E-state index in [1.165, 1.54) is 17.2 Å². The van der Waals surface area contributed by atoms with Crippen LogP contribution in [0.1, 0.15) is 27.0 Å². The number of rotatable bonds is 11. The molecule has 0 aromatic carbocycles. The van der Waals surface area contributed by atoms with E-state index in [1.807, 2.05) is 0 Å². The number of nitrogens with two attached hydrogens (primary N) is 1. The number of esters is 1. The van der Waals surface area contributed by atoms with Gasteiger partial charge in [0.15, 0.2) is 29.8 Å². The summed E-state index contributed by atoms with van der Waals surface area (Å²) in [5, 5.41) is 40.7. The molecule has 0 bridgehead atoms. The molecule has 3 aliphatic heterocycles. The predicted octanol–water partition coefficient (Wildman–Crippen LogP) is -2.19. The maximum atomic E-state index is 12.7. The number of fused-ring (bicyclic) bond motifs is 2. The normalized spacial score (nSPS) is 35.7. The van der Waals surface area contributed by atoms with Gasteiger partial charge in [-0.3, -0.25) is 18.4 Å². The molecule has 0 saturated carbocycles. The number of imidazole rings is 1. The molecule has 12 atom stereocenters. The highest BCUT2D eigenvalue weighted by Crippen LogP contribution is 2.61. The Balaban J connectivity index is 1.24. The number of hydrogen-bond acceptors (Lipinski definition) is 19. The van der Waals surface area contributed by atoms with E-state index >= 15 is 0 Å². The number of ether oxygens (including phenoxy) is 5. The van der Waals surface area contributed by atoms with E-state index in [9.17, 15) is 44.1 Å². The number of anilines is 1. The first kappa shape index (κ1) is 35.1. The fourth-order valence-electron chi connectivity index (χ4n) is 5.12. The van der Waals surface area contributed by atoms with Gasteiger partial charge >= 0.3 is 21.6 Å². The van der Waals surface area contributed by atoms with Crippen LogP contribution < -0.4 is 5.73 Å². The highest BCUT2D eigenvalue weighted by atomic mass is 31.3. The van der Waals surface area contributed by atoms with Crippen LogP contribution in [0.4, 0.5) is 5.82 Å². The Morgan fingerprint density at radius 3 is 2.46 bits per heavy atom. The molecule has 2 aromatic rings. The Morgan fingerprint density at radius 2 is 1.76 bits per heavy atom. The average molecular weight is 701 g/mol. The van der Waals surface area contributed by atoms with Crippen LogP contribution in [-0.2, 0) is 51.0 Å². The van der Waals surface area contributed by atoms with Crippen LogP contribution in [0, 0.1) is 0 Å². The topological polar surface area (TPSA) is 316 Å². The van der Waals surface area contributed by atoms with Crippen molar-refractivity contribution in [1.29, 1.82) is 0 Å². The molecule has 3 aliphatic rings. The number of carbonyl (C=O) groups is 1. The lowest BCUT2D eigenvalue weighted by Gasteiger charge is -2.41. The average Bonchev–Trinajstić information content (AvgIpc) is 3.61. The minimum Gasteiger partial charge on any atom is -0.463 e. The maximum Gasteiger partial charge on any atom is 0.483 e. The molecule has 8 N–H and O–H groups in total. The molecule has 22 nitrogen and oxygen atoms in total. The van der Waals surface area contributed by atoms with Crippen molar-refractivity contribution in [2.45, 2.75) is 87.9 Å². The monoisotopic (exact) mass is 701 g/mol. The van der Waals surface area contributed by atoms with Crippen molar-refractivity contribution in [2.75, 3.05) is 18.9 Å². The van der Waals surface area contributed by atoms with Gasteiger partial charge in [0.25, 0.3) is 0 Å². The number of aliphatic hydroxyl groups excluding tert-OH is 4. The van der Waals surface area contributed by atoms with Gasteiger partial charge in [-0.2, -0.15) is 4.31 Å². The lowest BCUT2D eigenvalue weighted by molar-refractivity contribution is -0.293. The molecule has 0 spiro atoms. The minimum atomic E-state index is -5.66. The second-order valence-electron chi connectivity index (χ2n) is 10.9. The fraction of sp³-hybridized carbons (Fsp3) is 0.727. The molecule has 0 radical (unpaired) electrons. The Bertz CT molecular complexity index is 1530. The second kappa shape index (κ2) is 13.0. The van der Waals surface area contributed by atoms with Gasteiger partial charge in [-0.1, -0.05) is 0 Å². The van der Waals surface area contributed by atoms with Crippen molar-refractivity contribution in [3.8, 4) is 0 Å². The van der Waals surface area contributed by atoms with Gasteiger partial charge in [-0.05, 0) is 13.8 Å². The molecule has 2 aromatic heterocycles. The molecule has 24 heteroatoms. The predicted molar refractivity (Wildman–Crippen MR) is 145 cm³/mol. The van der Waals surface area contributed by atoms with E-state index in [1.54, 1.807) is 13.8 Å². The van der Waals surface area contributed by atoms with Gasteiger partial charge in [0.2, 0.25) is 0 Å². The van der Waals surface area contributed by atoms with Crippen LogP contribution in [0.5, 0.6) is 0 Å². The molecule has 0 amide bonds. The summed E-state index contributed by atoms with van der Waals surface area (Å²) in [6.45, 7) is 2.82. The fourth-order valence-corrected chi connectivity index (χ4v) is 7.28. The number of nitrogens with zero attached hydrogens (tertiary/aromatic N) is 4. The highest BCUT2D eigenvalue weighted by Gasteiger charge is 2.57. The van der Waals surface area contributed by atoms with Crippen LogP contribution in [0.2, 0.25) is 0 Å². The van der Waals surface area contributed by atoms with Crippen LogP contribution >= 0.6 is 15.6 Å². The van der Waals surface area contributed by atoms with E-state index in [4.69, 9.17) is 29.2 Å². The lowest BCUT2D eigenvalue weighted by Crippen LogP contribution is -2.61. The molecule has 5 unspecified atom stereocenters. The summed E-state index contributed by atoms with van der Waals surface area (Å²) in [5.41, 5.74) is 6.45. The summed E-state index contributed by atoms with van der Waals surface area (Å²) in [5.74, 6) is -1.80. The second-order valence-corrected chi connectivity index (χ2v) is 13.9. The zero-order valence-corrected chi connectivity index (χ0v) is 26.1. The molecular formula is C22H33N5O17P2. The SMILES string of the molecule is CC(=O)OC[C@@H](O)C1O[C@@H](OP(=O)(O)OP(=O)(O)OC[C@H]2O[C@@H](n3cnc4c(N)ncnc43)[C@H]3OC(C)(C)OC23)C(O)[C@@H](O)[C@@H]1O. The van der Waals surface area contributed by atoms with Crippen molar-refractivity contribution in [3.05, 3.63) is 12.7 Å². The van der Waals surface area contributed by atoms with Gasteiger partial charge in [-0.25, -0.2) is 24.1 Å². The summed E-state index contributed by atoms with van der Waals surface area (Å²) in [4.78, 5) is 43.7. The third-order valence-electron chi connectivity index (χ3n) is 7.08. The summed E-state index contributed by atoms with van der Waals surface area (Å²) in [6, 6.07) is 0. The maximum absolute atomic E-state index is 12.7. The minimum absolute atomic E-state index is 0.113. The van der Waals surface area contributed by atoms with E-state index < -0.39 is 102 Å². The zero-order valence-electron chi connectivity index (χ0n) is 24.3. The molecule has 46 heavy (non-hydrogen) atoms. The van der Waals surface area contributed by atoms with Crippen molar-refractivity contribution >= 4 is 38.6 Å². The quantitative estimate of drug-likeness (QED) is 0.0966. The number of nitrogen functional groups attached to an aromatic ring is 1. The Kier molecular flexibility index (Phi) is 9.91. The van der Waals surface area contributed by atoms with E-state index in [2.05, 4.69) is 28.5 Å². The van der Waals surface area contributed by atoms with Crippen LogP contribution in [0.3, 0.4) is 0 Å². The highest BCUT2D eigenvalue weighted by molar-refractivity contribution is 7.61. The van der Waals surface area contributed by atoms with Crippen LogP contribution in [0.25, 0.3) is 11.2 Å². The standard InChI is InChI=1S/C22H33N5O17P2/c1-8(28)37-4-9(29)15-13(31)12(30)14(32)21(40-15)43-46(35,36)44-45(33,34)38-5-10-16-17(42-22(2,3)41-16)20(39-10)27-7-26-11-18(23)24-6-25-19(11)27/h6-7,9-10,12-17,20-21,29-32H,4-5H2,1-3H3,(H,33,34)(H,35,36)(H2,23,24,25)/t9-,10-,12+,13+,14?,15?,16?,17+,20-,21+/m1/s1. The molecule has 5 heterocycles. The van der Waals surface area contributed by atoms with Crippen LogP contribution in [0.15, 0.2) is 12.7 Å². The number of phosphoric acid groups is 2. The third kappa shape index (κ3) is 7.41. The first-order valence-corrected chi connectivity index (χ1v) is 16.5. The first-order chi connectivity index (χ1) is 21.4. The smallest absolute Gasteiger partial charge is 0.463 e. The Labute approximate surface area is 259 Å². The number of phosphoric ester groups is 2. The third-order valence-corrected chi connectivity index (χ3v) is 9.68.